The molecule has 3 aromatic rings. The van der Waals surface area contributed by atoms with Crippen LogP contribution in [0.15, 0.2) is 60.0 Å². The molecule has 8 heteroatoms. The van der Waals surface area contributed by atoms with Gasteiger partial charge in [0.05, 0.1) is 13.2 Å². The molecular weight excluding hydrogens is 479 g/mol. The fraction of sp³-hybridized carbons (Fsp3) is 0.357. The summed E-state index contributed by atoms with van der Waals surface area (Å²) < 4.78 is 25.2. The quantitative estimate of drug-likeness (QED) is 0.410. The van der Waals surface area contributed by atoms with Crippen molar-refractivity contribution in [2.24, 2.45) is 5.92 Å². The first-order valence-electron chi connectivity index (χ1n) is 12.2. The summed E-state index contributed by atoms with van der Waals surface area (Å²) in [6.45, 7) is 1.32. The fourth-order valence-electron chi connectivity index (χ4n) is 4.63. The van der Waals surface area contributed by atoms with Crippen LogP contribution in [0.2, 0.25) is 0 Å². The molecule has 2 aromatic carbocycles. The third kappa shape index (κ3) is 5.54. The zero-order valence-corrected chi connectivity index (χ0v) is 21.0. The van der Waals surface area contributed by atoms with Crippen molar-refractivity contribution in [1.82, 2.24) is 9.80 Å². The van der Waals surface area contributed by atoms with Crippen molar-refractivity contribution in [3.63, 3.8) is 0 Å². The van der Waals surface area contributed by atoms with E-state index < -0.39 is 5.82 Å². The van der Waals surface area contributed by atoms with Crippen molar-refractivity contribution < 1.29 is 23.5 Å². The second kappa shape index (κ2) is 10.7. The number of hydrogen-bond donors (Lipinski definition) is 0. The van der Waals surface area contributed by atoms with Gasteiger partial charge in [-0.2, -0.15) is 0 Å². The maximum atomic E-state index is 13.8. The lowest BCUT2D eigenvalue weighted by Crippen LogP contribution is -2.48. The Morgan fingerprint density at radius 2 is 1.92 bits per heavy atom. The molecular formula is C28H29FN2O4S. The van der Waals surface area contributed by atoms with E-state index in [1.807, 2.05) is 34.5 Å². The van der Waals surface area contributed by atoms with Crippen molar-refractivity contribution in [3.8, 4) is 11.5 Å². The lowest BCUT2D eigenvalue weighted by molar-refractivity contribution is -0.135. The standard InChI is InChI=1S/C28H29FN2O4S/c1-34-22-6-3-7-23(15-22)35-18-25-24-11-13-36-26(24)10-12-31(25)27(32)17-30(16-19-8-9-19)28(33)20-4-2-5-21(29)14-20/h2-7,11,13-15,19,25H,8-10,12,16-18H2,1H3. The maximum absolute atomic E-state index is 13.8. The summed E-state index contributed by atoms with van der Waals surface area (Å²) in [5.41, 5.74) is 1.35. The second-order valence-corrected chi connectivity index (χ2v) is 10.3. The largest absolute Gasteiger partial charge is 0.497 e. The molecule has 6 nitrogen and oxygen atoms in total. The normalized spacial score (nSPS) is 16.8. The molecule has 0 spiro atoms. The molecule has 0 bridgehead atoms. The Labute approximate surface area is 214 Å². The maximum Gasteiger partial charge on any atom is 0.254 e. The summed E-state index contributed by atoms with van der Waals surface area (Å²) in [6, 6.07) is 14.9. The molecule has 1 saturated carbocycles. The molecule has 1 atom stereocenters. The van der Waals surface area contributed by atoms with Crippen molar-refractivity contribution in [2.45, 2.75) is 25.3 Å². The number of methoxy groups -OCH3 is 1. The lowest BCUT2D eigenvalue weighted by atomic mass is 10.00. The smallest absolute Gasteiger partial charge is 0.254 e. The monoisotopic (exact) mass is 508 g/mol. The molecule has 5 rings (SSSR count). The molecule has 2 amide bonds. The van der Waals surface area contributed by atoms with Crippen LogP contribution in [-0.2, 0) is 11.2 Å². The summed E-state index contributed by atoms with van der Waals surface area (Å²) in [6.07, 6.45) is 2.86. The van der Waals surface area contributed by atoms with Crippen LogP contribution in [0.3, 0.4) is 0 Å². The van der Waals surface area contributed by atoms with Gasteiger partial charge in [-0.3, -0.25) is 9.59 Å². The van der Waals surface area contributed by atoms with E-state index in [2.05, 4.69) is 6.07 Å². The third-order valence-corrected chi connectivity index (χ3v) is 7.72. The number of halogens is 1. The molecule has 1 aromatic heterocycles. The summed E-state index contributed by atoms with van der Waals surface area (Å²) in [7, 11) is 1.61. The van der Waals surface area contributed by atoms with Crippen molar-refractivity contribution in [2.75, 3.05) is 33.4 Å². The van der Waals surface area contributed by atoms with Gasteiger partial charge >= 0.3 is 0 Å². The highest BCUT2D eigenvalue weighted by Gasteiger charge is 2.35. The Balaban J connectivity index is 1.34. The molecule has 0 radical (unpaired) electrons. The zero-order valence-electron chi connectivity index (χ0n) is 20.2. The number of benzene rings is 2. The molecule has 2 aliphatic rings. The highest BCUT2D eigenvalue weighted by molar-refractivity contribution is 7.10. The molecule has 1 unspecified atom stereocenters. The van der Waals surface area contributed by atoms with Gasteiger partial charge in [-0.15, -0.1) is 11.3 Å². The van der Waals surface area contributed by atoms with Gasteiger partial charge in [0, 0.05) is 29.6 Å². The van der Waals surface area contributed by atoms with Crippen LogP contribution in [0.5, 0.6) is 11.5 Å². The van der Waals surface area contributed by atoms with Gasteiger partial charge in [0.25, 0.3) is 5.91 Å². The number of nitrogens with zero attached hydrogens (tertiary/aromatic N) is 2. The Kier molecular flexibility index (Phi) is 7.23. The van der Waals surface area contributed by atoms with Gasteiger partial charge in [0.15, 0.2) is 0 Å². The van der Waals surface area contributed by atoms with Crippen molar-refractivity contribution in [1.29, 1.82) is 0 Å². The van der Waals surface area contributed by atoms with E-state index in [4.69, 9.17) is 9.47 Å². The number of thiophene rings is 1. The van der Waals surface area contributed by atoms with Crippen LogP contribution in [0.1, 0.15) is 39.7 Å². The van der Waals surface area contributed by atoms with Crippen molar-refractivity contribution >= 4 is 23.2 Å². The van der Waals surface area contributed by atoms with E-state index in [1.165, 1.54) is 23.1 Å². The van der Waals surface area contributed by atoms with Crippen LogP contribution >= 0.6 is 11.3 Å². The topological polar surface area (TPSA) is 59.1 Å². The van der Waals surface area contributed by atoms with E-state index >= 15 is 0 Å². The van der Waals surface area contributed by atoms with Crippen molar-refractivity contribution in [3.05, 3.63) is 81.8 Å². The summed E-state index contributed by atoms with van der Waals surface area (Å²) in [5.74, 6) is 0.859. The van der Waals surface area contributed by atoms with E-state index in [0.29, 0.717) is 37.1 Å². The molecule has 1 aliphatic carbocycles. The van der Waals surface area contributed by atoms with E-state index in [-0.39, 0.29) is 30.0 Å². The Bertz CT molecular complexity index is 1240. The zero-order chi connectivity index (χ0) is 25.1. The first kappa shape index (κ1) is 24.3. The minimum Gasteiger partial charge on any atom is -0.497 e. The molecule has 1 fully saturated rings. The lowest BCUT2D eigenvalue weighted by Gasteiger charge is -2.37. The highest BCUT2D eigenvalue weighted by Crippen LogP contribution is 2.35. The number of amides is 2. The van der Waals surface area contributed by atoms with Crippen LogP contribution in [0, 0.1) is 11.7 Å². The molecule has 1 aliphatic heterocycles. The fourth-order valence-corrected chi connectivity index (χ4v) is 5.56. The van der Waals surface area contributed by atoms with E-state index in [1.54, 1.807) is 29.4 Å². The van der Waals surface area contributed by atoms with Gasteiger partial charge in [-0.05, 0) is 72.5 Å². The Hall–Kier alpha value is -3.39. The SMILES string of the molecule is COc1cccc(OCC2c3ccsc3CCN2C(=O)CN(CC2CC2)C(=O)c2cccc(F)c2)c1. The molecule has 188 valence electrons. The number of hydrogen-bond acceptors (Lipinski definition) is 5. The number of ether oxygens (including phenoxy) is 2. The summed E-state index contributed by atoms with van der Waals surface area (Å²) in [4.78, 5) is 31.6. The van der Waals surface area contributed by atoms with Crippen LogP contribution in [-0.4, -0.2) is 55.0 Å². The number of carbonyl (C=O) groups excluding carboxylic acids is 2. The number of carbonyl (C=O) groups is 2. The minimum absolute atomic E-state index is 0.0407. The minimum atomic E-state index is -0.464. The van der Waals surface area contributed by atoms with Crippen LogP contribution in [0.4, 0.5) is 4.39 Å². The Morgan fingerprint density at radius 3 is 2.69 bits per heavy atom. The number of rotatable bonds is 9. The van der Waals surface area contributed by atoms with E-state index in [9.17, 15) is 14.0 Å². The Morgan fingerprint density at radius 1 is 1.11 bits per heavy atom. The summed E-state index contributed by atoms with van der Waals surface area (Å²) in [5, 5.41) is 2.05. The van der Waals surface area contributed by atoms with Crippen LogP contribution in [0.25, 0.3) is 0 Å². The van der Waals surface area contributed by atoms with Crippen LogP contribution < -0.4 is 9.47 Å². The van der Waals surface area contributed by atoms with Gasteiger partial charge in [-0.1, -0.05) is 12.1 Å². The van der Waals surface area contributed by atoms with Gasteiger partial charge < -0.3 is 19.3 Å². The van der Waals surface area contributed by atoms with E-state index in [0.717, 1.165) is 24.8 Å². The predicted octanol–water partition coefficient (Wildman–Crippen LogP) is 4.95. The average Bonchev–Trinajstić information content (AvgIpc) is 3.58. The first-order chi connectivity index (χ1) is 17.5. The molecule has 36 heavy (non-hydrogen) atoms. The van der Waals surface area contributed by atoms with Gasteiger partial charge in [-0.25, -0.2) is 4.39 Å². The first-order valence-corrected chi connectivity index (χ1v) is 13.1. The predicted molar refractivity (Wildman–Crippen MR) is 136 cm³/mol. The molecule has 0 saturated heterocycles. The average molecular weight is 509 g/mol. The second-order valence-electron chi connectivity index (χ2n) is 9.28. The van der Waals surface area contributed by atoms with Gasteiger partial charge in [0.1, 0.15) is 30.5 Å². The van der Waals surface area contributed by atoms with Gasteiger partial charge in [0.2, 0.25) is 5.91 Å². The molecule has 2 heterocycles. The highest BCUT2D eigenvalue weighted by atomic mass is 32.1. The number of fused-ring (bicyclic) bond motifs is 1. The summed E-state index contributed by atoms with van der Waals surface area (Å²) >= 11 is 1.69. The third-order valence-electron chi connectivity index (χ3n) is 6.72. The molecule has 0 N–H and O–H groups in total.